The molecule has 1 unspecified atom stereocenters. The normalized spacial score (nSPS) is 22.8. The Morgan fingerprint density at radius 2 is 1.86 bits per heavy atom. The van der Waals surface area contributed by atoms with Gasteiger partial charge < -0.3 is 10.2 Å². The average molecular weight is 500 g/mol. The molecular weight excluding hydrogens is 485 g/mol. The topological polar surface area (TPSA) is 57.4 Å². The van der Waals surface area contributed by atoms with Crippen LogP contribution in [0.5, 0.6) is 0 Å². The van der Waals surface area contributed by atoms with Crippen molar-refractivity contribution in [1.82, 2.24) is 5.32 Å². The molecule has 144 valence electrons. The third kappa shape index (κ3) is 3.22. The number of oxime groups is 1. The zero-order valence-electron chi connectivity index (χ0n) is 14.8. The monoisotopic (exact) mass is 497 g/mol. The van der Waals surface area contributed by atoms with Gasteiger partial charge in [-0.2, -0.15) is 5.26 Å². The van der Waals surface area contributed by atoms with Crippen LogP contribution in [0.4, 0.5) is 0 Å². The Morgan fingerprint density at radius 1 is 1.18 bits per heavy atom. The molecule has 2 aromatic rings. The first-order valence-corrected chi connectivity index (χ1v) is 10.5. The molecule has 1 fully saturated rings. The van der Waals surface area contributed by atoms with Crippen molar-refractivity contribution in [2.75, 3.05) is 13.1 Å². The molecule has 0 amide bonds. The van der Waals surface area contributed by atoms with E-state index in [2.05, 4.69) is 32.5 Å². The van der Waals surface area contributed by atoms with E-state index in [1.807, 2.05) is 25.1 Å². The minimum atomic E-state index is -0.690. The number of rotatable bonds is 3. The second kappa shape index (κ2) is 7.19. The van der Waals surface area contributed by atoms with Crippen LogP contribution in [-0.4, -0.2) is 18.8 Å². The first-order valence-electron chi connectivity index (χ1n) is 8.60. The number of benzene rings is 2. The van der Waals surface area contributed by atoms with Crippen molar-refractivity contribution < 1.29 is 4.84 Å². The Balaban J connectivity index is 1.61. The van der Waals surface area contributed by atoms with Crippen molar-refractivity contribution in [3.05, 3.63) is 66.6 Å². The summed E-state index contributed by atoms with van der Waals surface area (Å²) in [6.45, 7) is 3.25. The SMILES string of the molecule is CC1(c2cc(Cl)c(Cl)c(Cl)c2)CC(c2ccc(C3(C#N)CNC3)c(Br)c2)=NO1. The summed E-state index contributed by atoms with van der Waals surface area (Å²) >= 11 is 22.0. The van der Waals surface area contributed by atoms with Crippen molar-refractivity contribution in [1.29, 1.82) is 5.26 Å². The maximum Gasteiger partial charge on any atom is 0.165 e. The van der Waals surface area contributed by atoms with Crippen LogP contribution in [0.2, 0.25) is 15.1 Å². The standard InChI is InChI=1S/C20H15BrCl3N3O/c1-19(12-5-15(22)18(24)16(23)6-12)7-17(27-28-19)11-2-3-13(14(21)4-11)20(8-25)9-26-10-20/h2-6,26H,7,9-10H2,1H3. The lowest BCUT2D eigenvalue weighted by molar-refractivity contribution is -0.00737. The average Bonchev–Trinajstić information content (AvgIpc) is 3.03. The molecule has 2 aliphatic rings. The quantitative estimate of drug-likeness (QED) is 0.542. The minimum absolute atomic E-state index is 0.325. The van der Waals surface area contributed by atoms with Gasteiger partial charge in [0.25, 0.3) is 0 Å². The number of nitriles is 1. The van der Waals surface area contributed by atoms with Crippen LogP contribution in [0, 0.1) is 11.3 Å². The van der Waals surface area contributed by atoms with Gasteiger partial charge in [0.05, 0.1) is 26.8 Å². The van der Waals surface area contributed by atoms with Crippen molar-refractivity contribution in [2.24, 2.45) is 5.16 Å². The van der Waals surface area contributed by atoms with E-state index in [0.29, 0.717) is 34.6 Å². The van der Waals surface area contributed by atoms with Gasteiger partial charge in [0, 0.05) is 35.1 Å². The molecule has 4 nitrogen and oxygen atoms in total. The Labute approximate surface area is 186 Å². The molecular formula is C20H15BrCl3N3O. The van der Waals surface area contributed by atoms with Crippen LogP contribution in [0.3, 0.4) is 0 Å². The van der Waals surface area contributed by atoms with Gasteiger partial charge in [-0.3, -0.25) is 0 Å². The molecule has 2 aromatic carbocycles. The van der Waals surface area contributed by atoms with E-state index < -0.39 is 11.0 Å². The van der Waals surface area contributed by atoms with Gasteiger partial charge >= 0.3 is 0 Å². The summed E-state index contributed by atoms with van der Waals surface area (Å²) in [5.41, 5.74) is 2.38. The molecule has 4 rings (SSSR count). The fourth-order valence-electron chi connectivity index (χ4n) is 3.50. The molecule has 1 saturated heterocycles. The zero-order chi connectivity index (χ0) is 20.1. The van der Waals surface area contributed by atoms with Crippen LogP contribution >= 0.6 is 50.7 Å². The molecule has 2 aliphatic heterocycles. The van der Waals surface area contributed by atoms with Crippen LogP contribution in [0.25, 0.3) is 0 Å². The fourth-order valence-corrected chi connectivity index (χ4v) is 4.85. The van der Waals surface area contributed by atoms with E-state index >= 15 is 0 Å². The van der Waals surface area contributed by atoms with Gasteiger partial charge in [-0.25, -0.2) is 0 Å². The molecule has 0 spiro atoms. The van der Waals surface area contributed by atoms with Crippen molar-refractivity contribution >= 4 is 56.4 Å². The molecule has 0 aliphatic carbocycles. The van der Waals surface area contributed by atoms with Crippen LogP contribution in [0.15, 0.2) is 40.0 Å². The van der Waals surface area contributed by atoms with Gasteiger partial charge in [-0.1, -0.05) is 68.0 Å². The second-order valence-corrected chi connectivity index (χ2v) is 9.33. The van der Waals surface area contributed by atoms with Gasteiger partial charge in [-0.05, 0) is 30.7 Å². The highest BCUT2D eigenvalue weighted by Gasteiger charge is 2.41. The van der Waals surface area contributed by atoms with Crippen molar-refractivity contribution in [3.8, 4) is 6.07 Å². The third-order valence-corrected chi connectivity index (χ3v) is 7.19. The third-order valence-electron chi connectivity index (χ3n) is 5.34. The Morgan fingerprint density at radius 3 is 2.39 bits per heavy atom. The molecule has 0 aromatic heterocycles. The highest BCUT2D eigenvalue weighted by Crippen LogP contribution is 2.42. The van der Waals surface area contributed by atoms with Crippen molar-refractivity contribution in [3.63, 3.8) is 0 Å². The number of nitrogens with one attached hydrogen (secondary N) is 1. The predicted octanol–water partition coefficient (Wildman–Crippen LogP) is 5.81. The van der Waals surface area contributed by atoms with E-state index in [0.717, 1.165) is 26.9 Å². The van der Waals surface area contributed by atoms with Gasteiger partial charge in [0.2, 0.25) is 0 Å². The fraction of sp³-hybridized carbons (Fsp3) is 0.300. The highest BCUT2D eigenvalue weighted by molar-refractivity contribution is 9.10. The smallest absolute Gasteiger partial charge is 0.165 e. The molecule has 0 radical (unpaired) electrons. The zero-order valence-corrected chi connectivity index (χ0v) is 18.7. The summed E-state index contributed by atoms with van der Waals surface area (Å²) in [7, 11) is 0. The summed E-state index contributed by atoms with van der Waals surface area (Å²) in [6.07, 6.45) is 0.554. The van der Waals surface area contributed by atoms with Crippen molar-refractivity contribution in [2.45, 2.75) is 24.4 Å². The van der Waals surface area contributed by atoms with E-state index in [1.54, 1.807) is 12.1 Å². The number of hydrogen-bond acceptors (Lipinski definition) is 4. The number of halogens is 4. The molecule has 0 saturated carbocycles. The highest BCUT2D eigenvalue weighted by atomic mass is 79.9. The summed E-state index contributed by atoms with van der Waals surface area (Å²) < 4.78 is 0.891. The molecule has 8 heteroatoms. The lowest BCUT2D eigenvalue weighted by Gasteiger charge is -2.37. The van der Waals surface area contributed by atoms with E-state index in [-0.39, 0.29) is 0 Å². The maximum absolute atomic E-state index is 9.57. The van der Waals surface area contributed by atoms with Crippen LogP contribution in [-0.2, 0) is 15.9 Å². The number of hydrogen-bond donors (Lipinski definition) is 1. The molecule has 1 N–H and O–H groups in total. The first kappa shape index (κ1) is 20.0. The largest absolute Gasteiger partial charge is 0.384 e. The summed E-state index contributed by atoms with van der Waals surface area (Å²) in [5.74, 6) is 0. The van der Waals surface area contributed by atoms with E-state index in [4.69, 9.17) is 39.6 Å². The Hall–Kier alpha value is -1.29. The minimum Gasteiger partial charge on any atom is -0.384 e. The Kier molecular flexibility index (Phi) is 5.14. The van der Waals surface area contributed by atoms with E-state index in [9.17, 15) is 5.26 Å². The summed E-state index contributed by atoms with van der Waals surface area (Å²) in [5, 5.41) is 18.1. The molecule has 1 atom stereocenters. The Bertz CT molecular complexity index is 1020. The second-order valence-electron chi connectivity index (χ2n) is 7.28. The first-order chi connectivity index (χ1) is 13.3. The predicted molar refractivity (Wildman–Crippen MR) is 115 cm³/mol. The van der Waals surface area contributed by atoms with Gasteiger partial charge in [0.15, 0.2) is 5.60 Å². The van der Waals surface area contributed by atoms with Gasteiger partial charge in [-0.15, -0.1) is 0 Å². The lowest BCUT2D eigenvalue weighted by atomic mass is 9.76. The van der Waals surface area contributed by atoms with Crippen LogP contribution < -0.4 is 5.32 Å². The molecule has 0 bridgehead atoms. The summed E-state index contributed by atoms with van der Waals surface area (Å²) in [4.78, 5) is 5.78. The lowest BCUT2D eigenvalue weighted by Crippen LogP contribution is -2.56. The molecule has 2 heterocycles. The maximum atomic E-state index is 9.57. The number of nitrogens with zero attached hydrogens (tertiary/aromatic N) is 2. The van der Waals surface area contributed by atoms with Gasteiger partial charge in [0.1, 0.15) is 5.41 Å². The van der Waals surface area contributed by atoms with Crippen LogP contribution in [0.1, 0.15) is 30.0 Å². The van der Waals surface area contributed by atoms with E-state index in [1.165, 1.54) is 0 Å². The summed E-state index contributed by atoms with van der Waals surface area (Å²) in [6, 6.07) is 11.9. The molecule has 28 heavy (non-hydrogen) atoms.